The highest BCUT2D eigenvalue weighted by Gasteiger charge is 2.32. The van der Waals surface area contributed by atoms with E-state index in [1.165, 1.54) is 10.5 Å². The van der Waals surface area contributed by atoms with Gasteiger partial charge in [0.15, 0.2) is 18.0 Å². The summed E-state index contributed by atoms with van der Waals surface area (Å²) in [6, 6.07) is 14.1. The minimum atomic E-state index is -0.0433. The Balaban J connectivity index is 1.40. The van der Waals surface area contributed by atoms with Gasteiger partial charge in [0, 0.05) is 29.8 Å². The number of ether oxygens (including phenoxy) is 2. The Morgan fingerprint density at radius 1 is 1.14 bits per heavy atom. The minimum absolute atomic E-state index is 0.0433. The van der Waals surface area contributed by atoms with Crippen LogP contribution in [0.1, 0.15) is 49.4 Å². The summed E-state index contributed by atoms with van der Waals surface area (Å²) in [7, 11) is 0. The molecule has 2 heterocycles. The summed E-state index contributed by atoms with van der Waals surface area (Å²) < 4.78 is 11.6. The molecule has 2 aromatic carbocycles. The smallest absolute Gasteiger partial charge is 0.275 e. The Kier molecular flexibility index (Phi) is 6.26. The lowest BCUT2D eigenvalue weighted by Crippen LogP contribution is -3.11. The number of hydrogen-bond donors (Lipinski definition) is 2. The molecule has 1 saturated heterocycles. The zero-order chi connectivity index (χ0) is 20.2. The normalized spacial score (nSPS) is 22.0. The van der Waals surface area contributed by atoms with Crippen molar-refractivity contribution >= 4 is 17.5 Å². The summed E-state index contributed by atoms with van der Waals surface area (Å²) >= 11 is 5.96. The molecule has 29 heavy (non-hydrogen) atoms. The topological polar surface area (TPSA) is 52.0 Å². The number of benzene rings is 2. The van der Waals surface area contributed by atoms with Gasteiger partial charge >= 0.3 is 0 Å². The molecule has 0 aromatic heterocycles. The second-order valence-corrected chi connectivity index (χ2v) is 8.31. The molecule has 0 bridgehead atoms. The third kappa shape index (κ3) is 4.85. The third-order valence-corrected chi connectivity index (χ3v) is 6.04. The first-order valence-corrected chi connectivity index (χ1v) is 10.8. The fourth-order valence-corrected chi connectivity index (χ4v) is 4.38. The van der Waals surface area contributed by atoms with Crippen molar-refractivity contribution in [1.82, 2.24) is 5.32 Å². The fourth-order valence-electron chi connectivity index (χ4n) is 4.26. The average Bonchev–Trinajstić information content (AvgIpc) is 3.03. The number of fused-ring (bicyclic) bond motifs is 1. The van der Waals surface area contributed by atoms with Gasteiger partial charge < -0.3 is 19.7 Å². The number of carbonyl (C=O) groups excluding carboxylic acids is 1. The van der Waals surface area contributed by atoms with Crippen molar-refractivity contribution in [1.29, 1.82) is 0 Å². The first kappa shape index (κ1) is 20.0. The highest BCUT2D eigenvalue weighted by Crippen LogP contribution is 2.33. The monoisotopic (exact) mass is 415 g/mol. The van der Waals surface area contributed by atoms with Crippen LogP contribution in [-0.2, 0) is 4.79 Å². The molecule has 0 radical (unpaired) electrons. The van der Waals surface area contributed by atoms with Crippen LogP contribution in [0.15, 0.2) is 42.5 Å². The van der Waals surface area contributed by atoms with Crippen LogP contribution in [0.5, 0.6) is 11.5 Å². The minimum Gasteiger partial charge on any atom is -0.490 e. The quantitative estimate of drug-likeness (QED) is 0.789. The fraction of sp³-hybridized carbons (Fsp3) is 0.435. The van der Waals surface area contributed by atoms with E-state index < -0.39 is 0 Å². The van der Waals surface area contributed by atoms with Gasteiger partial charge in [-0.1, -0.05) is 23.7 Å². The predicted molar refractivity (Wildman–Crippen MR) is 113 cm³/mol. The summed E-state index contributed by atoms with van der Waals surface area (Å²) in [6.45, 7) is 4.85. The van der Waals surface area contributed by atoms with E-state index in [0.29, 0.717) is 30.8 Å². The van der Waals surface area contributed by atoms with E-state index in [1.807, 2.05) is 37.3 Å². The maximum Gasteiger partial charge on any atom is 0.275 e. The molecule has 1 unspecified atom stereocenters. The van der Waals surface area contributed by atoms with Gasteiger partial charge in [0.2, 0.25) is 0 Å². The van der Waals surface area contributed by atoms with E-state index in [1.54, 1.807) is 0 Å². The molecule has 154 valence electrons. The molecule has 2 aromatic rings. The average molecular weight is 416 g/mol. The molecular formula is C23H28ClN2O3+. The first-order valence-electron chi connectivity index (χ1n) is 10.4. The lowest BCUT2D eigenvalue weighted by atomic mass is 10.0. The molecule has 6 heteroatoms. The van der Waals surface area contributed by atoms with Crippen LogP contribution >= 0.6 is 11.6 Å². The van der Waals surface area contributed by atoms with Crippen molar-refractivity contribution in [2.75, 3.05) is 26.3 Å². The van der Waals surface area contributed by atoms with Crippen molar-refractivity contribution in [2.24, 2.45) is 0 Å². The molecule has 1 amide bonds. The summed E-state index contributed by atoms with van der Waals surface area (Å²) in [6.07, 6.45) is 3.10. The van der Waals surface area contributed by atoms with Gasteiger partial charge in [0.05, 0.1) is 25.8 Å². The van der Waals surface area contributed by atoms with Gasteiger partial charge in [-0.3, -0.25) is 4.79 Å². The number of nitrogens with one attached hydrogen (secondary N) is 2. The van der Waals surface area contributed by atoms with Crippen LogP contribution in [0, 0.1) is 0 Å². The van der Waals surface area contributed by atoms with E-state index >= 15 is 0 Å². The van der Waals surface area contributed by atoms with Crippen molar-refractivity contribution in [3.63, 3.8) is 0 Å². The van der Waals surface area contributed by atoms with Crippen molar-refractivity contribution in [3.8, 4) is 11.5 Å². The molecule has 2 aliphatic rings. The Morgan fingerprint density at radius 3 is 2.69 bits per heavy atom. The number of halogens is 1. The molecule has 0 saturated carbocycles. The predicted octanol–water partition coefficient (Wildman–Crippen LogP) is 3.10. The van der Waals surface area contributed by atoms with Crippen molar-refractivity contribution in [2.45, 2.75) is 38.3 Å². The lowest BCUT2D eigenvalue weighted by molar-refractivity contribution is -0.910. The summed E-state index contributed by atoms with van der Waals surface area (Å²) in [5.41, 5.74) is 2.28. The molecule has 2 N–H and O–H groups in total. The molecule has 0 aliphatic carbocycles. The Labute approximate surface area is 176 Å². The van der Waals surface area contributed by atoms with Gasteiger partial charge in [0.25, 0.3) is 5.91 Å². The molecule has 5 nitrogen and oxygen atoms in total. The maximum absolute atomic E-state index is 12.7. The van der Waals surface area contributed by atoms with E-state index in [2.05, 4.69) is 17.4 Å². The molecule has 4 rings (SSSR count). The zero-order valence-corrected chi connectivity index (χ0v) is 17.5. The van der Waals surface area contributed by atoms with Gasteiger partial charge in [-0.25, -0.2) is 0 Å². The van der Waals surface area contributed by atoms with Crippen molar-refractivity contribution in [3.05, 3.63) is 58.6 Å². The maximum atomic E-state index is 12.7. The standard InChI is InChI=1S/C23H27ClN2O3/c1-16(17-5-8-19(24)9-6-17)25-23(27)15-26-11-2-4-20(26)18-7-10-21-22(14-18)29-13-3-12-28-21/h5-10,14,16,20H,2-4,11-13,15H2,1H3,(H,25,27)/p+1/t16-,20-/m1/s1. The van der Waals surface area contributed by atoms with E-state index in [-0.39, 0.29) is 11.9 Å². The number of rotatable bonds is 5. The molecule has 2 aliphatic heterocycles. The Morgan fingerprint density at radius 2 is 1.90 bits per heavy atom. The van der Waals surface area contributed by atoms with E-state index in [9.17, 15) is 4.79 Å². The highest BCUT2D eigenvalue weighted by atomic mass is 35.5. The van der Waals surface area contributed by atoms with E-state index in [4.69, 9.17) is 21.1 Å². The van der Waals surface area contributed by atoms with Crippen LogP contribution in [0.25, 0.3) is 0 Å². The van der Waals surface area contributed by atoms with Crippen LogP contribution in [-0.4, -0.2) is 32.2 Å². The van der Waals surface area contributed by atoms with Gasteiger partial charge in [0.1, 0.15) is 6.04 Å². The van der Waals surface area contributed by atoms with Gasteiger partial charge in [-0.15, -0.1) is 0 Å². The Hall–Kier alpha value is -2.24. The van der Waals surface area contributed by atoms with Gasteiger partial charge in [-0.05, 0) is 42.8 Å². The first-order chi connectivity index (χ1) is 14.1. The van der Waals surface area contributed by atoms with Crippen LogP contribution in [0.2, 0.25) is 5.02 Å². The second-order valence-electron chi connectivity index (χ2n) is 7.88. The number of likely N-dealkylation sites (tertiary alicyclic amines) is 1. The zero-order valence-electron chi connectivity index (χ0n) is 16.7. The van der Waals surface area contributed by atoms with Crippen LogP contribution in [0.4, 0.5) is 0 Å². The summed E-state index contributed by atoms with van der Waals surface area (Å²) in [5, 5.41) is 3.83. The molecule has 3 atom stereocenters. The molecular weight excluding hydrogens is 388 g/mol. The van der Waals surface area contributed by atoms with Crippen LogP contribution in [0.3, 0.4) is 0 Å². The molecule has 0 spiro atoms. The van der Waals surface area contributed by atoms with Crippen LogP contribution < -0.4 is 19.7 Å². The van der Waals surface area contributed by atoms with Gasteiger partial charge in [-0.2, -0.15) is 0 Å². The highest BCUT2D eigenvalue weighted by molar-refractivity contribution is 6.30. The number of hydrogen-bond acceptors (Lipinski definition) is 3. The third-order valence-electron chi connectivity index (χ3n) is 5.79. The number of amides is 1. The lowest BCUT2D eigenvalue weighted by Gasteiger charge is -2.23. The summed E-state index contributed by atoms with van der Waals surface area (Å²) in [4.78, 5) is 14.0. The van der Waals surface area contributed by atoms with Crippen molar-refractivity contribution < 1.29 is 19.2 Å². The largest absolute Gasteiger partial charge is 0.490 e. The SMILES string of the molecule is C[C@@H](NC(=O)C[NH+]1CCC[C@@H]1c1ccc2c(c1)OCCCO2)c1ccc(Cl)cc1. The van der Waals surface area contributed by atoms with E-state index in [0.717, 1.165) is 42.9 Å². The number of quaternary nitrogens is 1. The second kappa shape index (κ2) is 9.06. The Bertz CT molecular complexity index is 856. The molecule has 1 fully saturated rings. The summed E-state index contributed by atoms with van der Waals surface area (Å²) in [5.74, 6) is 1.72. The number of carbonyl (C=O) groups is 1.